The smallest absolute Gasteiger partial charge is 0.251 e. The van der Waals surface area contributed by atoms with Crippen LogP contribution in [0.4, 0.5) is 0 Å². The molecule has 2 aromatic heterocycles. The number of benzene rings is 2. The molecule has 0 spiro atoms. The van der Waals surface area contributed by atoms with E-state index in [0.29, 0.717) is 40.5 Å². The van der Waals surface area contributed by atoms with E-state index < -0.39 is 0 Å². The Bertz CT molecular complexity index is 1260. The molecule has 0 fully saturated rings. The van der Waals surface area contributed by atoms with E-state index >= 15 is 0 Å². The third-order valence-electron chi connectivity index (χ3n) is 5.17. The zero-order valence-corrected chi connectivity index (χ0v) is 20.2. The number of nitrogens with zero attached hydrogens (tertiary/aromatic N) is 4. The third kappa shape index (κ3) is 5.28. The molecule has 1 N–H and O–H groups in total. The molecule has 0 bridgehead atoms. The van der Waals surface area contributed by atoms with Crippen molar-refractivity contribution in [3.8, 4) is 22.8 Å². The van der Waals surface area contributed by atoms with Crippen molar-refractivity contribution >= 4 is 17.7 Å². The minimum atomic E-state index is -0.0628. The van der Waals surface area contributed by atoms with E-state index in [2.05, 4.69) is 34.3 Å². The summed E-state index contributed by atoms with van der Waals surface area (Å²) in [4.78, 5) is 17.0. The van der Waals surface area contributed by atoms with Crippen LogP contribution in [0.2, 0.25) is 0 Å². The van der Waals surface area contributed by atoms with Crippen molar-refractivity contribution in [2.24, 2.45) is 5.92 Å². The number of ether oxygens (including phenoxy) is 1. The molecular weight excluding hydrogens is 446 g/mol. The largest absolute Gasteiger partial charge is 0.495 e. The molecule has 0 saturated carbocycles. The average molecular weight is 474 g/mol. The molecule has 1 amide bonds. The van der Waals surface area contributed by atoms with Gasteiger partial charge in [0.25, 0.3) is 5.91 Å². The van der Waals surface area contributed by atoms with E-state index in [-0.39, 0.29) is 5.91 Å². The zero-order chi connectivity index (χ0) is 23.9. The van der Waals surface area contributed by atoms with Gasteiger partial charge in [0.2, 0.25) is 0 Å². The van der Waals surface area contributed by atoms with E-state index in [1.165, 1.54) is 11.8 Å². The first-order valence-electron chi connectivity index (χ1n) is 11.1. The first-order valence-corrected chi connectivity index (χ1v) is 12.0. The summed E-state index contributed by atoms with van der Waals surface area (Å²) in [6.45, 7) is 4.79. The molecule has 174 valence electrons. The van der Waals surface area contributed by atoms with E-state index in [0.717, 1.165) is 16.8 Å². The average Bonchev–Trinajstić information content (AvgIpc) is 3.30. The fraction of sp³-hybridized carbons (Fsp3) is 0.231. The number of thioether (sulfide) groups is 1. The van der Waals surface area contributed by atoms with E-state index in [9.17, 15) is 4.79 Å². The van der Waals surface area contributed by atoms with Gasteiger partial charge in [-0.3, -0.25) is 14.3 Å². The summed E-state index contributed by atoms with van der Waals surface area (Å²) in [6, 6.07) is 19.2. The van der Waals surface area contributed by atoms with Crippen LogP contribution in [0.5, 0.6) is 5.75 Å². The lowest BCUT2D eigenvalue weighted by Gasteiger charge is -2.14. The summed E-state index contributed by atoms with van der Waals surface area (Å²) in [6.07, 6.45) is 3.49. The third-order valence-corrected chi connectivity index (χ3v) is 6.15. The first kappa shape index (κ1) is 23.5. The molecular formula is C26H27N5O2S. The van der Waals surface area contributed by atoms with Gasteiger partial charge in [-0.05, 0) is 41.8 Å². The van der Waals surface area contributed by atoms with Gasteiger partial charge in [-0.2, -0.15) is 0 Å². The predicted octanol–water partition coefficient (Wildman–Crippen LogP) is 5.02. The van der Waals surface area contributed by atoms with Crippen molar-refractivity contribution in [2.75, 3.05) is 13.7 Å². The molecule has 4 aromatic rings. The Hall–Kier alpha value is -3.65. The number of methoxy groups -OCH3 is 1. The van der Waals surface area contributed by atoms with Crippen LogP contribution in [0.25, 0.3) is 17.1 Å². The van der Waals surface area contributed by atoms with Gasteiger partial charge in [-0.1, -0.05) is 55.9 Å². The van der Waals surface area contributed by atoms with Gasteiger partial charge in [-0.25, -0.2) is 0 Å². The Labute approximate surface area is 203 Å². The van der Waals surface area contributed by atoms with Gasteiger partial charge in [0.05, 0.1) is 12.8 Å². The second-order valence-electron chi connectivity index (χ2n) is 8.10. The van der Waals surface area contributed by atoms with Crippen molar-refractivity contribution in [2.45, 2.75) is 24.8 Å². The van der Waals surface area contributed by atoms with Gasteiger partial charge in [-0.15, -0.1) is 10.2 Å². The van der Waals surface area contributed by atoms with E-state index in [4.69, 9.17) is 4.74 Å². The Morgan fingerprint density at radius 1 is 1.06 bits per heavy atom. The highest BCUT2D eigenvalue weighted by Crippen LogP contribution is 2.33. The molecule has 0 aliphatic rings. The summed E-state index contributed by atoms with van der Waals surface area (Å²) in [7, 11) is 1.64. The van der Waals surface area contributed by atoms with Crippen LogP contribution >= 0.6 is 11.8 Å². The van der Waals surface area contributed by atoms with Crippen molar-refractivity contribution in [3.63, 3.8) is 0 Å². The Morgan fingerprint density at radius 2 is 1.85 bits per heavy atom. The van der Waals surface area contributed by atoms with Crippen LogP contribution in [-0.4, -0.2) is 39.3 Å². The monoisotopic (exact) mass is 473 g/mol. The highest BCUT2D eigenvalue weighted by molar-refractivity contribution is 7.98. The number of hydrogen-bond donors (Lipinski definition) is 1. The number of para-hydroxylation sites is 2. The van der Waals surface area contributed by atoms with Crippen molar-refractivity contribution in [1.29, 1.82) is 0 Å². The molecule has 4 rings (SSSR count). The number of nitrogens with one attached hydrogen (secondary N) is 1. The van der Waals surface area contributed by atoms with Gasteiger partial charge in [0.15, 0.2) is 11.0 Å². The number of hydrogen-bond acceptors (Lipinski definition) is 6. The Balaban J connectivity index is 1.68. The maximum Gasteiger partial charge on any atom is 0.251 e. The second-order valence-corrected chi connectivity index (χ2v) is 9.05. The van der Waals surface area contributed by atoms with Crippen LogP contribution in [0.3, 0.4) is 0 Å². The minimum Gasteiger partial charge on any atom is -0.495 e. The van der Waals surface area contributed by atoms with Gasteiger partial charge in [0, 0.05) is 35.8 Å². The predicted molar refractivity (Wildman–Crippen MR) is 134 cm³/mol. The van der Waals surface area contributed by atoms with Gasteiger partial charge in [0.1, 0.15) is 5.75 Å². The Morgan fingerprint density at radius 3 is 2.62 bits per heavy atom. The normalized spacial score (nSPS) is 10.9. The van der Waals surface area contributed by atoms with Crippen molar-refractivity contribution < 1.29 is 9.53 Å². The molecule has 2 heterocycles. The first-order chi connectivity index (χ1) is 16.6. The summed E-state index contributed by atoms with van der Waals surface area (Å²) in [5.41, 5.74) is 3.29. The van der Waals surface area contributed by atoms with Crippen molar-refractivity contribution in [1.82, 2.24) is 25.1 Å². The van der Waals surface area contributed by atoms with Crippen LogP contribution in [-0.2, 0) is 5.75 Å². The molecule has 0 radical (unpaired) electrons. The lowest BCUT2D eigenvalue weighted by molar-refractivity contribution is 0.0948. The summed E-state index contributed by atoms with van der Waals surface area (Å²) in [5.74, 6) is 2.26. The van der Waals surface area contributed by atoms with E-state index in [1.54, 1.807) is 19.5 Å². The minimum absolute atomic E-state index is 0.0628. The molecule has 0 aliphatic heterocycles. The number of pyridine rings is 1. The lowest BCUT2D eigenvalue weighted by atomic mass is 10.1. The Kier molecular flexibility index (Phi) is 7.59. The fourth-order valence-electron chi connectivity index (χ4n) is 3.48. The SMILES string of the molecule is COc1ccccc1-n1c(SCc2ccccc2C(=O)NCC(C)C)nnc1-c1cccnc1. The highest BCUT2D eigenvalue weighted by atomic mass is 32.2. The summed E-state index contributed by atoms with van der Waals surface area (Å²) < 4.78 is 7.59. The van der Waals surface area contributed by atoms with Crippen LogP contribution in [0.1, 0.15) is 29.8 Å². The van der Waals surface area contributed by atoms with Crippen molar-refractivity contribution in [3.05, 3.63) is 84.2 Å². The molecule has 0 aliphatic carbocycles. The van der Waals surface area contributed by atoms with E-state index in [1.807, 2.05) is 65.2 Å². The molecule has 0 atom stereocenters. The molecule has 8 heteroatoms. The summed E-state index contributed by atoms with van der Waals surface area (Å²) in [5, 5.41) is 12.7. The summed E-state index contributed by atoms with van der Waals surface area (Å²) >= 11 is 1.52. The highest BCUT2D eigenvalue weighted by Gasteiger charge is 2.20. The zero-order valence-electron chi connectivity index (χ0n) is 19.4. The lowest BCUT2D eigenvalue weighted by Crippen LogP contribution is -2.28. The number of rotatable bonds is 9. The molecule has 2 aromatic carbocycles. The topological polar surface area (TPSA) is 81.9 Å². The number of aromatic nitrogens is 4. The number of carbonyl (C=O) groups excluding carboxylic acids is 1. The number of carbonyl (C=O) groups is 1. The second kappa shape index (κ2) is 11.0. The molecule has 7 nitrogen and oxygen atoms in total. The number of amides is 1. The van der Waals surface area contributed by atoms with Gasteiger partial charge < -0.3 is 10.1 Å². The molecule has 0 saturated heterocycles. The van der Waals surface area contributed by atoms with Crippen LogP contribution < -0.4 is 10.1 Å². The molecule has 0 unspecified atom stereocenters. The van der Waals surface area contributed by atoms with Crippen LogP contribution in [0, 0.1) is 5.92 Å². The van der Waals surface area contributed by atoms with Crippen LogP contribution in [0.15, 0.2) is 78.2 Å². The standard InChI is InChI=1S/C26H27N5O2S/c1-18(2)15-28-25(32)21-11-5-4-9-20(21)17-34-26-30-29-24(19-10-8-14-27-16-19)31(26)22-12-6-7-13-23(22)33-3/h4-14,16,18H,15,17H2,1-3H3,(H,28,32). The molecule has 34 heavy (non-hydrogen) atoms. The quantitative estimate of drug-likeness (QED) is 0.344. The fourth-order valence-corrected chi connectivity index (χ4v) is 4.43. The maximum atomic E-state index is 12.8. The van der Waals surface area contributed by atoms with Gasteiger partial charge >= 0.3 is 0 Å². The maximum absolute atomic E-state index is 12.8.